The third-order valence-electron chi connectivity index (χ3n) is 7.00. The number of aromatic nitrogens is 2. The Morgan fingerprint density at radius 3 is 2.85 bits per heavy atom. The highest BCUT2D eigenvalue weighted by Crippen LogP contribution is 2.43. The van der Waals surface area contributed by atoms with Crippen LogP contribution in [0.3, 0.4) is 0 Å². The van der Waals surface area contributed by atoms with Crippen molar-refractivity contribution >= 4 is 28.3 Å². The summed E-state index contributed by atoms with van der Waals surface area (Å²) in [5.74, 6) is 0.461. The number of amides is 1. The van der Waals surface area contributed by atoms with Gasteiger partial charge >= 0.3 is 6.08 Å². The van der Waals surface area contributed by atoms with E-state index in [0.29, 0.717) is 36.3 Å². The fourth-order valence-electron chi connectivity index (χ4n) is 5.44. The summed E-state index contributed by atoms with van der Waals surface area (Å²) in [6.45, 7) is 2.92. The first-order valence-corrected chi connectivity index (χ1v) is 12.4. The molecular weight excluding hydrogens is 453 g/mol. The number of likely N-dealkylation sites (tertiary alicyclic amines) is 1. The number of para-hydroxylation sites is 2. The molecule has 8 heteroatoms. The second kappa shape index (κ2) is 8.51. The van der Waals surface area contributed by atoms with E-state index in [-0.39, 0.29) is 25.3 Å². The smallest absolute Gasteiger partial charge is 0.394 e. The topological polar surface area (TPSA) is 68.5 Å². The van der Waals surface area contributed by atoms with Crippen molar-refractivity contribution in [1.82, 2.24) is 14.9 Å². The van der Waals surface area contributed by atoms with Gasteiger partial charge in [-0.2, -0.15) is 4.98 Å². The molecule has 2 aliphatic rings. The molecule has 2 aromatic heterocycles. The van der Waals surface area contributed by atoms with Gasteiger partial charge in [-0.25, -0.2) is 9.37 Å². The molecule has 1 aliphatic carbocycles. The minimum atomic E-state index is -0.304. The Bertz CT molecular complexity index is 1320. The predicted octanol–water partition coefficient (Wildman–Crippen LogP) is 5.96. The van der Waals surface area contributed by atoms with Crippen molar-refractivity contribution in [3.8, 4) is 16.5 Å². The van der Waals surface area contributed by atoms with Crippen molar-refractivity contribution in [1.29, 1.82) is 0 Å². The van der Waals surface area contributed by atoms with Crippen molar-refractivity contribution < 1.29 is 19.8 Å². The number of hydrogen-bond donors (Lipinski definition) is 0. The minimum absolute atomic E-state index is 0. The van der Waals surface area contributed by atoms with Crippen molar-refractivity contribution in [2.24, 2.45) is 11.8 Å². The van der Waals surface area contributed by atoms with Gasteiger partial charge in [0.2, 0.25) is 0 Å². The van der Waals surface area contributed by atoms with Crippen molar-refractivity contribution in [2.75, 3.05) is 13.2 Å². The zero-order chi connectivity index (χ0) is 23.2. The van der Waals surface area contributed by atoms with Crippen LogP contribution in [0.1, 0.15) is 36.2 Å². The van der Waals surface area contributed by atoms with Gasteiger partial charge in [0.25, 0.3) is 5.91 Å². The SMILES string of the molecule is Cc1nc(C(=O)N2CC3CCC[C@H]3C2COc2nc3ccccc3o2)c(-c2ccc(F)cc2)s1.[HH]. The average molecular weight is 480 g/mol. The Balaban J connectivity index is 0.00000253. The molecule has 1 amide bonds. The number of nitrogens with zero attached hydrogens (tertiary/aromatic N) is 3. The normalized spacial score (nSPS) is 21.8. The van der Waals surface area contributed by atoms with Crippen LogP contribution in [0, 0.1) is 24.6 Å². The fraction of sp³-hybridized carbons (Fsp3) is 0.346. The summed E-state index contributed by atoms with van der Waals surface area (Å²) in [6.07, 6.45) is 3.60. The molecule has 0 spiro atoms. The number of hydrogen-bond acceptors (Lipinski definition) is 6. The van der Waals surface area contributed by atoms with Crippen LogP contribution in [0.5, 0.6) is 6.08 Å². The molecule has 2 fully saturated rings. The molecule has 176 valence electrons. The number of carbonyl (C=O) groups excluding carboxylic acids is 1. The van der Waals surface area contributed by atoms with Crippen LogP contribution in [0.15, 0.2) is 52.9 Å². The van der Waals surface area contributed by atoms with Gasteiger partial charge in [-0.3, -0.25) is 4.79 Å². The first-order valence-electron chi connectivity index (χ1n) is 11.6. The number of halogens is 1. The average Bonchev–Trinajstić information content (AvgIpc) is 3.60. The van der Waals surface area contributed by atoms with Gasteiger partial charge in [0.1, 0.15) is 23.6 Å². The third kappa shape index (κ3) is 3.76. The molecule has 3 heterocycles. The fourth-order valence-corrected chi connectivity index (χ4v) is 6.36. The summed E-state index contributed by atoms with van der Waals surface area (Å²) >= 11 is 1.46. The molecule has 6 rings (SSSR count). The first kappa shape index (κ1) is 21.3. The van der Waals surface area contributed by atoms with Crippen LogP contribution < -0.4 is 4.74 Å². The van der Waals surface area contributed by atoms with Crippen LogP contribution >= 0.6 is 11.3 Å². The lowest BCUT2D eigenvalue weighted by molar-refractivity contribution is 0.0627. The summed E-state index contributed by atoms with van der Waals surface area (Å²) < 4.78 is 25.2. The summed E-state index contributed by atoms with van der Waals surface area (Å²) in [7, 11) is 0. The van der Waals surface area contributed by atoms with Gasteiger partial charge in [0, 0.05) is 7.97 Å². The van der Waals surface area contributed by atoms with Crippen LogP contribution in [0.4, 0.5) is 4.39 Å². The maximum absolute atomic E-state index is 13.8. The van der Waals surface area contributed by atoms with Gasteiger partial charge < -0.3 is 14.1 Å². The maximum Gasteiger partial charge on any atom is 0.394 e. The first-order chi connectivity index (χ1) is 16.6. The molecule has 0 radical (unpaired) electrons. The van der Waals surface area contributed by atoms with E-state index in [2.05, 4.69) is 9.97 Å². The molecule has 34 heavy (non-hydrogen) atoms. The zero-order valence-electron chi connectivity index (χ0n) is 18.7. The third-order valence-corrected chi connectivity index (χ3v) is 8.02. The molecule has 6 nitrogen and oxygen atoms in total. The van der Waals surface area contributed by atoms with Crippen molar-refractivity contribution in [3.05, 3.63) is 65.0 Å². The minimum Gasteiger partial charge on any atom is -0.448 e. The van der Waals surface area contributed by atoms with E-state index in [1.807, 2.05) is 36.1 Å². The number of oxazole rings is 1. The predicted molar refractivity (Wildman–Crippen MR) is 130 cm³/mol. The van der Waals surface area contributed by atoms with Gasteiger partial charge in [0.15, 0.2) is 5.58 Å². The summed E-state index contributed by atoms with van der Waals surface area (Å²) in [5, 5.41) is 0.807. The standard InChI is InChI=1S/C26H24FN3O3S.H2/c1-15-28-23(24(34-15)16-9-11-18(27)12-10-16)25(31)30-13-17-5-4-6-19(17)21(30)14-32-26-29-20-7-2-3-8-22(20)33-26;/h2-3,7-12,17,19,21H,4-6,13-14H2,1H3;1H/t17?,19-,21?;/m1./s1. The number of rotatable bonds is 5. The van der Waals surface area contributed by atoms with Gasteiger partial charge in [-0.15, -0.1) is 11.3 Å². The molecular formula is C26H26FN3O3S. The quantitative estimate of drug-likeness (QED) is 0.353. The summed E-state index contributed by atoms with van der Waals surface area (Å²) in [6, 6.07) is 13.7. The number of benzene rings is 2. The second-order valence-electron chi connectivity index (χ2n) is 9.06. The zero-order valence-corrected chi connectivity index (χ0v) is 19.6. The Hall–Kier alpha value is -3.26. The molecule has 1 aliphatic heterocycles. The number of fused-ring (bicyclic) bond motifs is 2. The Labute approximate surface area is 201 Å². The van der Waals surface area contributed by atoms with Gasteiger partial charge in [-0.05, 0) is 61.4 Å². The van der Waals surface area contributed by atoms with Crippen LogP contribution in [0.2, 0.25) is 0 Å². The Morgan fingerprint density at radius 1 is 1.21 bits per heavy atom. The lowest BCUT2D eigenvalue weighted by Gasteiger charge is -2.27. The highest BCUT2D eigenvalue weighted by molar-refractivity contribution is 7.15. The Morgan fingerprint density at radius 2 is 2.03 bits per heavy atom. The van der Waals surface area contributed by atoms with E-state index in [9.17, 15) is 9.18 Å². The summed E-state index contributed by atoms with van der Waals surface area (Å²) in [4.78, 5) is 25.5. The van der Waals surface area contributed by atoms with E-state index < -0.39 is 0 Å². The summed E-state index contributed by atoms with van der Waals surface area (Å²) in [5.41, 5.74) is 2.66. The number of aryl methyl sites for hydroxylation is 1. The van der Waals surface area contributed by atoms with Crippen LogP contribution in [-0.4, -0.2) is 40.0 Å². The molecule has 1 saturated heterocycles. The van der Waals surface area contributed by atoms with Crippen LogP contribution in [-0.2, 0) is 0 Å². The van der Waals surface area contributed by atoms with E-state index in [1.54, 1.807) is 12.1 Å². The van der Waals surface area contributed by atoms with E-state index in [1.165, 1.54) is 29.9 Å². The number of carbonyl (C=O) groups is 1. The molecule has 1 saturated carbocycles. The number of ether oxygens (including phenoxy) is 1. The molecule has 2 aromatic carbocycles. The highest BCUT2D eigenvalue weighted by Gasteiger charge is 2.47. The van der Waals surface area contributed by atoms with Crippen LogP contribution in [0.25, 0.3) is 21.5 Å². The second-order valence-corrected chi connectivity index (χ2v) is 10.3. The monoisotopic (exact) mass is 479 g/mol. The maximum atomic E-state index is 13.8. The molecule has 4 aromatic rings. The van der Waals surface area contributed by atoms with Crippen molar-refractivity contribution in [2.45, 2.75) is 32.2 Å². The molecule has 0 bridgehead atoms. The van der Waals surface area contributed by atoms with Crippen molar-refractivity contribution in [3.63, 3.8) is 0 Å². The Kier molecular flexibility index (Phi) is 5.32. The van der Waals surface area contributed by atoms with E-state index in [0.717, 1.165) is 33.8 Å². The largest absolute Gasteiger partial charge is 0.448 e. The number of thiazole rings is 1. The highest BCUT2D eigenvalue weighted by atomic mass is 32.1. The lowest BCUT2D eigenvalue weighted by atomic mass is 9.94. The van der Waals surface area contributed by atoms with E-state index in [4.69, 9.17) is 9.15 Å². The van der Waals surface area contributed by atoms with E-state index >= 15 is 0 Å². The molecule has 3 atom stereocenters. The van der Waals surface area contributed by atoms with Gasteiger partial charge in [0.05, 0.1) is 15.9 Å². The molecule has 0 N–H and O–H groups in total. The van der Waals surface area contributed by atoms with Gasteiger partial charge in [-0.1, -0.05) is 30.7 Å². The molecule has 2 unspecified atom stereocenters. The lowest BCUT2D eigenvalue weighted by Crippen LogP contribution is -2.42.